The van der Waals surface area contributed by atoms with Crippen LogP contribution in [-0.4, -0.2) is 6.29 Å². The summed E-state index contributed by atoms with van der Waals surface area (Å²) in [5, 5.41) is 0.798. The number of aldehydes is 1. The van der Waals surface area contributed by atoms with Crippen molar-refractivity contribution < 1.29 is 4.79 Å². The van der Waals surface area contributed by atoms with Gasteiger partial charge >= 0.3 is 0 Å². The van der Waals surface area contributed by atoms with Gasteiger partial charge in [0.15, 0.2) is 0 Å². The predicted octanol–water partition coefficient (Wildman–Crippen LogP) is 7.12. The number of hydrogen-bond acceptors (Lipinski definition) is 1. The van der Waals surface area contributed by atoms with Crippen molar-refractivity contribution in [3.63, 3.8) is 0 Å². The van der Waals surface area contributed by atoms with Crippen molar-refractivity contribution in [2.75, 3.05) is 0 Å². The van der Waals surface area contributed by atoms with Crippen LogP contribution in [0.4, 0.5) is 0 Å². The molecule has 0 bridgehead atoms. The molecule has 1 unspecified atom stereocenters. The molecular weight excluding hydrogens is 364 g/mol. The van der Waals surface area contributed by atoms with Gasteiger partial charge in [-0.3, -0.25) is 4.79 Å². The van der Waals surface area contributed by atoms with Crippen LogP contribution in [0.1, 0.15) is 56.9 Å². The Bertz CT molecular complexity index is 927. The van der Waals surface area contributed by atoms with E-state index < -0.39 is 0 Å². The number of halogens is 1. The molecule has 0 heterocycles. The molecule has 144 valence electrons. The maximum Gasteiger partial charge on any atom is 0.150 e. The van der Waals surface area contributed by atoms with Crippen LogP contribution in [0, 0.1) is 13.8 Å². The van der Waals surface area contributed by atoms with Crippen molar-refractivity contribution in [3.05, 3.63) is 105 Å². The van der Waals surface area contributed by atoms with Gasteiger partial charge in [-0.1, -0.05) is 66.2 Å². The lowest BCUT2D eigenvalue weighted by Gasteiger charge is -2.19. The summed E-state index contributed by atoms with van der Waals surface area (Å²) in [5.74, 6) is 0.440. The first-order chi connectivity index (χ1) is 13.5. The lowest BCUT2D eigenvalue weighted by atomic mass is 9.86. The minimum atomic E-state index is 0.440. The molecular formula is C26H27ClO. The van der Waals surface area contributed by atoms with Gasteiger partial charge in [0, 0.05) is 10.6 Å². The van der Waals surface area contributed by atoms with Crippen molar-refractivity contribution in [1.82, 2.24) is 0 Å². The third-order valence-electron chi connectivity index (χ3n) is 5.51. The fraction of sp³-hybridized carbons (Fsp3) is 0.269. The molecule has 1 nitrogen and oxygen atoms in total. The maximum absolute atomic E-state index is 10.8. The van der Waals surface area contributed by atoms with Crippen molar-refractivity contribution in [2.24, 2.45) is 0 Å². The average molecular weight is 391 g/mol. The van der Waals surface area contributed by atoms with Crippen LogP contribution in [-0.2, 0) is 12.8 Å². The van der Waals surface area contributed by atoms with E-state index in [1.807, 2.05) is 24.3 Å². The standard InChI is InChI=1S/C26H27ClO/c1-19-9-10-23(15-20(19)2)16-24(25-7-4-8-26(27)17-25)6-3-5-21-11-13-22(18-28)14-12-21/h4,7-15,17-18,24H,3,5-6,16H2,1-2H3. The molecule has 3 aromatic carbocycles. The van der Waals surface area contributed by atoms with Crippen molar-refractivity contribution in [3.8, 4) is 0 Å². The van der Waals surface area contributed by atoms with Gasteiger partial charge in [-0.15, -0.1) is 0 Å². The molecule has 3 aromatic rings. The van der Waals surface area contributed by atoms with E-state index in [2.05, 4.69) is 56.3 Å². The van der Waals surface area contributed by atoms with Gasteiger partial charge in [-0.2, -0.15) is 0 Å². The Hall–Kier alpha value is -2.38. The highest BCUT2D eigenvalue weighted by Gasteiger charge is 2.14. The number of rotatable bonds is 8. The molecule has 0 fully saturated rings. The Morgan fingerprint density at radius 3 is 2.32 bits per heavy atom. The van der Waals surface area contributed by atoms with Crippen LogP contribution in [0.15, 0.2) is 66.7 Å². The van der Waals surface area contributed by atoms with Gasteiger partial charge < -0.3 is 0 Å². The van der Waals surface area contributed by atoms with Gasteiger partial charge in [0.05, 0.1) is 0 Å². The SMILES string of the molecule is Cc1ccc(CC(CCCc2ccc(C=O)cc2)c2cccc(Cl)c2)cc1C. The molecule has 0 radical (unpaired) electrons. The molecule has 0 aliphatic heterocycles. The maximum atomic E-state index is 10.8. The van der Waals surface area contributed by atoms with Crippen LogP contribution in [0.5, 0.6) is 0 Å². The Balaban J connectivity index is 1.71. The first kappa shape index (κ1) is 20.4. The lowest BCUT2D eigenvalue weighted by Crippen LogP contribution is -2.05. The van der Waals surface area contributed by atoms with Gasteiger partial charge in [0.25, 0.3) is 0 Å². The van der Waals surface area contributed by atoms with Gasteiger partial charge in [-0.25, -0.2) is 0 Å². The molecule has 1 atom stereocenters. The zero-order chi connectivity index (χ0) is 19.9. The zero-order valence-corrected chi connectivity index (χ0v) is 17.4. The monoisotopic (exact) mass is 390 g/mol. The molecule has 0 N–H and O–H groups in total. The molecule has 0 spiro atoms. The Morgan fingerprint density at radius 1 is 0.893 bits per heavy atom. The fourth-order valence-electron chi connectivity index (χ4n) is 3.68. The van der Waals surface area contributed by atoms with Crippen molar-refractivity contribution in [1.29, 1.82) is 0 Å². The molecule has 0 aliphatic carbocycles. The minimum absolute atomic E-state index is 0.440. The van der Waals surface area contributed by atoms with E-state index in [4.69, 9.17) is 11.6 Å². The van der Waals surface area contributed by atoms with E-state index in [1.165, 1.54) is 27.8 Å². The summed E-state index contributed by atoms with van der Waals surface area (Å²) in [6, 6.07) is 23.0. The van der Waals surface area contributed by atoms with Gasteiger partial charge in [0.1, 0.15) is 6.29 Å². The van der Waals surface area contributed by atoms with E-state index >= 15 is 0 Å². The molecule has 0 aliphatic rings. The fourth-order valence-corrected chi connectivity index (χ4v) is 3.88. The summed E-state index contributed by atoms with van der Waals surface area (Å²) in [6.45, 7) is 4.33. The summed E-state index contributed by atoms with van der Waals surface area (Å²) in [6.07, 6.45) is 5.13. The molecule has 3 rings (SSSR count). The second kappa shape index (κ2) is 9.71. The average Bonchev–Trinajstić information content (AvgIpc) is 2.70. The third-order valence-corrected chi connectivity index (χ3v) is 5.74. The number of benzene rings is 3. The Morgan fingerprint density at radius 2 is 1.64 bits per heavy atom. The van der Waals surface area contributed by atoms with Crippen LogP contribution < -0.4 is 0 Å². The van der Waals surface area contributed by atoms with Crippen molar-refractivity contribution in [2.45, 2.75) is 45.4 Å². The number of hydrogen-bond donors (Lipinski definition) is 0. The first-order valence-corrected chi connectivity index (χ1v) is 10.3. The van der Waals surface area contributed by atoms with Crippen LogP contribution in [0.3, 0.4) is 0 Å². The number of carbonyl (C=O) groups excluding carboxylic acids is 1. The summed E-state index contributed by atoms with van der Waals surface area (Å²) in [7, 11) is 0. The van der Waals surface area contributed by atoms with Gasteiger partial charge in [-0.05, 0) is 85.4 Å². The summed E-state index contributed by atoms with van der Waals surface area (Å²) in [4.78, 5) is 10.8. The summed E-state index contributed by atoms with van der Waals surface area (Å²) >= 11 is 6.27. The third kappa shape index (κ3) is 5.56. The highest BCUT2D eigenvalue weighted by molar-refractivity contribution is 6.30. The predicted molar refractivity (Wildman–Crippen MR) is 119 cm³/mol. The molecule has 2 heteroatoms. The molecule has 0 amide bonds. The smallest absolute Gasteiger partial charge is 0.150 e. The highest BCUT2D eigenvalue weighted by Crippen LogP contribution is 2.29. The van der Waals surface area contributed by atoms with E-state index in [0.717, 1.165) is 42.6 Å². The minimum Gasteiger partial charge on any atom is -0.298 e. The van der Waals surface area contributed by atoms with Crippen LogP contribution >= 0.6 is 11.6 Å². The van der Waals surface area contributed by atoms with Gasteiger partial charge in [0.2, 0.25) is 0 Å². The Labute approximate surface area is 173 Å². The number of carbonyl (C=O) groups is 1. The van der Waals surface area contributed by atoms with E-state index in [1.54, 1.807) is 0 Å². The largest absolute Gasteiger partial charge is 0.298 e. The second-order valence-corrected chi connectivity index (χ2v) is 8.06. The highest BCUT2D eigenvalue weighted by atomic mass is 35.5. The normalized spacial score (nSPS) is 12.0. The lowest BCUT2D eigenvalue weighted by molar-refractivity contribution is 0.112. The molecule has 0 saturated heterocycles. The summed E-state index contributed by atoms with van der Waals surface area (Å²) in [5.41, 5.74) is 7.38. The molecule has 0 aromatic heterocycles. The van der Waals surface area contributed by atoms with Crippen molar-refractivity contribution >= 4 is 17.9 Å². The summed E-state index contributed by atoms with van der Waals surface area (Å²) < 4.78 is 0. The van der Waals surface area contributed by atoms with Crippen LogP contribution in [0.2, 0.25) is 5.02 Å². The van der Waals surface area contributed by atoms with E-state index in [-0.39, 0.29) is 0 Å². The van der Waals surface area contributed by atoms with E-state index in [9.17, 15) is 4.79 Å². The molecule has 28 heavy (non-hydrogen) atoms. The zero-order valence-electron chi connectivity index (χ0n) is 16.6. The number of aryl methyl sites for hydroxylation is 3. The quantitative estimate of drug-likeness (QED) is 0.374. The second-order valence-electron chi connectivity index (χ2n) is 7.63. The Kier molecular flexibility index (Phi) is 7.06. The first-order valence-electron chi connectivity index (χ1n) is 9.91. The van der Waals surface area contributed by atoms with E-state index in [0.29, 0.717) is 5.92 Å². The molecule has 0 saturated carbocycles. The van der Waals surface area contributed by atoms with Crippen LogP contribution in [0.25, 0.3) is 0 Å². The topological polar surface area (TPSA) is 17.1 Å².